The van der Waals surface area contributed by atoms with Crippen molar-refractivity contribution in [1.82, 2.24) is 10.2 Å². The summed E-state index contributed by atoms with van der Waals surface area (Å²) in [6, 6.07) is 3.99. The summed E-state index contributed by atoms with van der Waals surface area (Å²) < 4.78 is 18.1. The molecule has 0 saturated carbocycles. The molecule has 19 heavy (non-hydrogen) atoms. The van der Waals surface area contributed by atoms with E-state index in [1.807, 2.05) is 0 Å². The maximum atomic E-state index is 13.3. The summed E-state index contributed by atoms with van der Waals surface area (Å²) in [7, 11) is 1.35. The van der Waals surface area contributed by atoms with Crippen molar-refractivity contribution in [1.29, 1.82) is 0 Å². The molecule has 5 nitrogen and oxygen atoms in total. The zero-order valence-electron chi connectivity index (χ0n) is 10.6. The lowest BCUT2D eigenvalue weighted by molar-refractivity contribution is -0.120. The zero-order valence-corrected chi connectivity index (χ0v) is 10.6. The molecule has 2 rings (SSSR count). The molecule has 0 radical (unpaired) electrons. The molecule has 1 N–H and O–H groups in total. The quantitative estimate of drug-likeness (QED) is 0.861. The van der Waals surface area contributed by atoms with Crippen LogP contribution in [0.4, 0.5) is 4.39 Å². The Morgan fingerprint density at radius 3 is 2.95 bits per heavy atom. The Kier molecular flexibility index (Phi) is 3.99. The normalized spacial score (nSPS) is 15.7. The largest absolute Gasteiger partial charge is 0.494 e. The van der Waals surface area contributed by atoms with Gasteiger partial charge in [-0.1, -0.05) is 0 Å². The maximum absolute atomic E-state index is 13.3. The van der Waals surface area contributed by atoms with Crippen molar-refractivity contribution in [2.24, 2.45) is 0 Å². The number of nitrogens with zero attached hydrogens (tertiary/aromatic N) is 1. The number of hydrogen-bond acceptors (Lipinski definition) is 3. The number of halogens is 1. The summed E-state index contributed by atoms with van der Waals surface area (Å²) >= 11 is 0. The van der Waals surface area contributed by atoms with Crippen LogP contribution in [-0.4, -0.2) is 43.5 Å². The molecule has 1 fully saturated rings. The van der Waals surface area contributed by atoms with Crippen molar-refractivity contribution in [2.45, 2.75) is 6.42 Å². The van der Waals surface area contributed by atoms with Crippen molar-refractivity contribution >= 4 is 11.8 Å². The molecule has 6 heteroatoms. The standard InChI is InChI=1S/C13H15FN2O3/c1-19-11-8-9(2-3-10(11)14)13(18)16-6-4-12(17)15-5-7-16/h2-3,8H,4-7H2,1H3,(H,15,17). The molecule has 1 saturated heterocycles. The SMILES string of the molecule is COc1cc(C(=O)N2CCNC(=O)CC2)ccc1F. The highest BCUT2D eigenvalue weighted by atomic mass is 19.1. The Labute approximate surface area is 110 Å². The first-order chi connectivity index (χ1) is 9.11. The molecule has 1 aromatic rings. The van der Waals surface area contributed by atoms with Gasteiger partial charge in [-0.2, -0.15) is 0 Å². The third kappa shape index (κ3) is 3.01. The summed E-state index contributed by atoms with van der Waals surface area (Å²) in [6.45, 7) is 1.25. The first-order valence-corrected chi connectivity index (χ1v) is 6.01. The van der Waals surface area contributed by atoms with Crippen molar-refractivity contribution < 1.29 is 18.7 Å². The zero-order chi connectivity index (χ0) is 13.8. The first kappa shape index (κ1) is 13.3. The second-order valence-corrected chi connectivity index (χ2v) is 4.24. The third-order valence-electron chi connectivity index (χ3n) is 3.00. The van der Waals surface area contributed by atoms with Gasteiger partial charge in [0.2, 0.25) is 5.91 Å². The number of carbonyl (C=O) groups is 2. The van der Waals surface area contributed by atoms with Crippen LogP contribution in [0.2, 0.25) is 0 Å². The van der Waals surface area contributed by atoms with Crippen LogP contribution in [0.15, 0.2) is 18.2 Å². The molecular formula is C13H15FN2O3. The molecule has 1 aliphatic heterocycles. The Hall–Kier alpha value is -2.11. The van der Waals surface area contributed by atoms with Crippen LogP contribution in [0.3, 0.4) is 0 Å². The minimum absolute atomic E-state index is 0.0369. The van der Waals surface area contributed by atoms with Crippen LogP contribution in [0.25, 0.3) is 0 Å². The Balaban J connectivity index is 2.16. The second-order valence-electron chi connectivity index (χ2n) is 4.24. The van der Waals surface area contributed by atoms with E-state index >= 15 is 0 Å². The highest BCUT2D eigenvalue weighted by molar-refractivity contribution is 5.95. The van der Waals surface area contributed by atoms with Gasteiger partial charge in [0.25, 0.3) is 5.91 Å². The fourth-order valence-electron chi connectivity index (χ4n) is 1.95. The molecule has 1 aromatic carbocycles. The smallest absolute Gasteiger partial charge is 0.254 e. The van der Waals surface area contributed by atoms with Gasteiger partial charge < -0.3 is 15.0 Å². The summed E-state index contributed by atoms with van der Waals surface area (Å²) in [5.74, 6) is -0.761. The lowest BCUT2D eigenvalue weighted by Gasteiger charge is -2.19. The Bertz CT molecular complexity index is 505. The molecule has 0 bridgehead atoms. The van der Waals surface area contributed by atoms with Gasteiger partial charge in [-0.3, -0.25) is 9.59 Å². The molecule has 1 heterocycles. The number of ether oxygens (including phenoxy) is 1. The van der Waals surface area contributed by atoms with E-state index in [0.29, 0.717) is 25.2 Å². The van der Waals surface area contributed by atoms with Crippen LogP contribution in [0, 0.1) is 5.82 Å². The van der Waals surface area contributed by atoms with Crippen LogP contribution in [0.1, 0.15) is 16.8 Å². The molecule has 0 atom stereocenters. The number of hydrogen-bond donors (Lipinski definition) is 1. The summed E-state index contributed by atoms with van der Waals surface area (Å²) in [4.78, 5) is 25.0. The van der Waals surface area contributed by atoms with Crippen molar-refractivity contribution in [3.8, 4) is 5.75 Å². The predicted molar refractivity (Wildman–Crippen MR) is 66.5 cm³/mol. The van der Waals surface area contributed by atoms with E-state index in [2.05, 4.69) is 5.32 Å². The second kappa shape index (κ2) is 5.69. The number of carbonyl (C=O) groups excluding carboxylic acids is 2. The number of methoxy groups -OCH3 is 1. The van der Waals surface area contributed by atoms with Gasteiger partial charge in [0.05, 0.1) is 7.11 Å². The highest BCUT2D eigenvalue weighted by Crippen LogP contribution is 2.19. The van der Waals surface area contributed by atoms with Gasteiger partial charge in [-0.15, -0.1) is 0 Å². The van der Waals surface area contributed by atoms with E-state index in [0.717, 1.165) is 0 Å². The number of rotatable bonds is 2. The predicted octanol–water partition coefficient (Wildman–Crippen LogP) is 0.796. The maximum Gasteiger partial charge on any atom is 0.254 e. The number of nitrogens with one attached hydrogen (secondary N) is 1. The van der Waals surface area contributed by atoms with E-state index in [4.69, 9.17) is 4.74 Å². The van der Waals surface area contributed by atoms with E-state index in [1.165, 1.54) is 25.3 Å². The Morgan fingerprint density at radius 2 is 2.21 bits per heavy atom. The molecule has 2 amide bonds. The molecular weight excluding hydrogens is 251 g/mol. The molecule has 0 unspecified atom stereocenters. The molecule has 0 spiro atoms. The first-order valence-electron chi connectivity index (χ1n) is 6.01. The van der Waals surface area contributed by atoms with Crippen molar-refractivity contribution in [3.05, 3.63) is 29.6 Å². The van der Waals surface area contributed by atoms with Gasteiger partial charge in [-0.25, -0.2) is 4.39 Å². The monoisotopic (exact) mass is 266 g/mol. The number of benzene rings is 1. The number of amides is 2. The topological polar surface area (TPSA) is 58.6 Å². The van der Waals surface area contributed by atoms with Gasteiger partial charge in [0, 0.05) is 31.6 Å². The molecule has 102 valence electrons. The van der Waals surface area contributed by atoms with Crippen LogP contribution < -0.4 is 10.1 Å². The van der Waals surface area contributed by atoms with E-state index in [9.17, 15) is 14.0 Å². The van der Waals surface area contributed by atoms with Gasteiger partial charge in [0.15, 0.2) is 11.6 Å². The van der Waals surface area contributed by atoms with Crippen LogP contribution in [0.5, 0.6) is 5.75 Å². The van der Waals surface area contributed by atoms with Crippen LogP contribution in [-0.2, 0) is 4.79 Å². The summed E-state index contributed by atoms with van der Waals surface area (Å²) in [5, 5.41) is 2.69. The van der Waals surface area contributed by atoms with E-state index < -0.39 is 5.82 Å². The fraction of sp³-hybridized carbons (Fsp3) is 0.385. The van der Waals surface area contributed by atoms with Gasteiger partial charge in [-0.05, 0) is 18.2 Å². The van der Waals surface area contributed by atoms with Crippen molar-refractivity contribution in [3.63, 3.8) is 0 Å². The van der Waals surface area contributed by atoms with E-state index in [-0.39, 0.29) is 24.0 Å². The lowest BCUT2D eigenvalue weighted by atomic mass is 10.1. The Morgan fingerprint density at radius 1 is 1.42 bits per heavy atom. The average molecular weight is 266 g/mol. The van der Waals surface area contributed by atoms with Gasteiger partial charge in [0.1, 0.15) is 0 Å². The highest BCUT2D eigenvalue weighted by Gasteiger charge is 2.20. The van der Waals surface area contributed by atoms with Crippen molar-refractivity contribution in [2.75, 3.05) is 26.7 Å². The molecule has 0 aliphatic carbocycles. The fourth-order valence-corrected chi connectivity index (χ4v) is 1.95. The van der Waals surface area contributed by atoms with Crippen LogP contribution >= 0.6 is 0 Å². The minimum atomic E-state index is -0.508. The molecule has 1 aliphatic rings. The summed E-state index contributed by atoms with van der Waals surface area (Å²) in [6.07, 6.45) is 0.282. The van der Waals surface area contributed by atoms with Gasteiger partial charge >= 0.3 is 0 Å². The average Bonchev–Trinajstić information content (AvgIpc) is 2.63. The summed E-state index contributed by atoms with van der Waals surface area (Å²) in [5.41, 5.74) is 0.354. The lowest BCUT2D eigenvalue weighted by Crippen LogP contribution is -2.34. The molecule has 0 aromatic heterocycles. The minimum Gasteiger partial charge on any atom is -0.494 e. The third-order valence-corrected chi connectivity index (χ3v) is 3.00. The van der Waals surface area contributed by atoms with E-state index in [1.54, 1.807) is 4.90 Å².